The minimum absolute atomic E-state index is 0.00526. The number of hydrogen-bond donors (Lipinski definition) is 1. The third-order valence-electron chi connectivity index (χ3n) is 6.99. The van der Waals surface area contributed by atoms with Gasteiger partial charge >= 0.3 is 6.09 Å². The molecule has 0 unspecified atom stereocenters. The fourth-order valence-corrected chi connectivity index (χ4v) is 5.42. The van der Waals surface area contributed by atoms with Gasteiger partial charge in [-0.2, -0.15) is 0 Å². The number of halogens is 2. The number of hydrogen-bond acceptors (Lipinski definition) is 7. The van der Waals surface area contributed by atoms with Crippen molar-refractivity contribution < 1.29 is 28.9 Å². The van der Waals surface area contributed by atoms with Gasteiger partial charge in [0.05, 0.1) is 34.5 Å². The van der Waals surface area contributed by atoms with Crippen LogP contribution in [-0.4, -0.2) is 70.8 Å². The number of ether oxygens (including phenoxy) is 3. The minimum Gasteiger partial charge on any atom is -0.481 e. The molecule has 0 bridgehead atoms. The number of carbonyl (C=O) groups excluding carboxylic acids is 2. The first kappa shape index (κ1) is 29.2. The Morgan fingerprint density at radius 2 is 1.69 bits per heavy atom. The van der Waals surface area contributed by atoms with E-state index in [4.69, 9.17) is 37.4 Å². The molecule has 2 amide bonds. The molecule has 11 heteroatoms. The standard InChI is InChI=1S/C28H35Cl2N3O6/c1-26(2,3)39-25(35)33-15-28(16-33)9-11-32(12-10-28)24(34)18-7-8-20(29)22(21(18)30)38-17-13-19(27(4,5)36)23(37-6)31-14-17/h7-8,13-14,36H,9-12,15-16H2,1-6H3. The molecule has 1 aromatic carbocycles. The van der Waals surface area contributed by atoms with E-state index in [1.807, 2.05) is 20.8 Å². The highest BCUT2D eigenvalue weighted by Crippen LogP contribution is 2.43. The Hall–Kier alpha value is -2.75. The van der Waals surface area contributed by atoms with Crippen LogP contribution in [-0.2, 0) is 10.3 Å². The Balaban J connectivity index is 1.44. The quantitative estimate of drug-likeness (QED) is 0.471. The summed E-state index contributed by atoms with van der Waals surface area (Å²) in [7, 11) is 1.46. The van der Waals surface area contributed by atoms with Crippen molar-refractivity contribution in [3.8, 4) is 17.4 Å². The zero-order valence-corrected chi connectivity index (χ0v) is 24.6. The molecule has 1 aromatic heterocycles. The SMILES string of the molecule is COc1ncc(Oc2c(Cl)ccc(C(=O)N3CCC4(CC3)CN(C(=O)OC(C)(C)C)C4)c2Cl)cc1C(C)(C)O. The highest BCUT2D eigenvalue weighted by molar-refractivity contribution is 6.39. The lowest BCUT2D eigenvalue weighted by atomic mass is 9.72. The molecule has 0 aliphatic carbocycles. The van der Waals surface area contributed by atoms with E-state index in [1.165, 1.54) is 13.3 Å². The maximum Gasteiger partial charge on any atom is 0.410 e. The molecule has 3 heterocycles. The Morgan fingerprint density at radius 1 is 1.05 bits per heavy atom. The number of pyridine rings is 1. The van der Waals surface area contributed by atoms with Crippen LogP contribution in [0, 0.1) is 5.41 Å². The van der Waals surface area contributed by atoms with Gasteiger partial charge in [-0.1, -0.05) is 23.2 Å². The summed E-state index contributed by atoms with van der Waals surface area (Å²) in [5.74, 6) is 0.448. The van der Waals surface area contributed by atoms with Crippen LogP contribution in [0.25, 0.3) is 0 Å². The average molecular weight is 581 g/mol. The second kappa shape index (κ2) is 10.7. The first-order chi connectivity index (χ1) is 18.1. The molecule has 0 atom stereocenters. The van der Waals surface area contributed by atoms with Gasteiger partial charge in [0.2, 0.25) is 5.88 Å². The number of amides is 2. The van der Waals surface area contributed by atoms with Gasteiger partial charge in [-0.25, -0.2) is 9.78 Å². The van der Waals surface area contributed by atoms with Crippen LogP contribution in [0.2, 0.25) is 10.0 Å². The zero-order chi connectivity index (χ0) is 28.8. The number of likely N-dealkylation sites (tertiary alicyclic amines) is 2. The second-order valence-electron chi connectivity index (χ2n) is 11.8. The lowest BCUT2D eigenvalue weighted by Gasteiger charge is -2.53. The molecular weight excluding hydrogens is 545 g/mol. The number of benzene rings is 1. The van der Waals surface area contributed by atoms with Gasteiger partial charge in [0.25, 0.3) is 5.91 Å². The van der Waals surface area contributed by atoms with Gasteiger partial charge < -0.3 is 29.1 Å². The molecule has 39 heavy (non-hydrogen) atoms. The number of aliphatic hydroxyl groups is 1. The first-order valence-electron chi connectivity index (χ1n) is 12.8. The molecule has 2 aliphatic rings. The third-order valence-corrected chi connectivity index (χ3v) is 7.67. The van der Waals surface area contributed by atoms with Crippen molar-refractivity contribution in [1.29, 1.82) is 0 Å². The third kappa shape index (κ3) is 6.36. The van der Waals surface area contributed by atoms with Gasteiger partial charge in [-0.3, -0.25) is 4.79 Å². The zero-order valence-electron chi connectivity index (χ0n) is 23.1. The number of rotatable bonds is 5. The predicted octanol–water partition coefficient (Wildman–Crippen LogP) is 5.89. The normalized spacial score (nSPS) is 17.1. The van der Waals surface area contributed by atoms with Crippen LogP contribution in [0.3, 0.4) is 0 Å². The van der Waals surface area contributed by atoms with Gasteiger partial charge in [0, 0.05) is 37.2 Å². The van der Waals surface area contributed by atoms with Crippen molar-refractivity contribution in [1.82, 2.24) is 14.8 Å². The number of aromatic nitrogens is 1. The summed E-state index contributed by atoms with van der Waals surface area (Å²) in [6, 6.07) is 4.75. The molecule has 1 N–H and O–H groups in total. The van der Waals surface area contributed by atoms with Gasteiger partial charge in [-0.05, 0) is 65.7 Å². The summed E-state index contributed by atoms with van der Waals surface area (Å²) in [4.78, 5) is 33.5. The molecule has 2 saturated heterocycles. The molecule has 4 rings (SSSR count). The monoisotopic (exact) mass is 579 g/mol. The van der Waals surface area contributed by atoms with E-state index < -0.39 is 11.2 Å². The van der Waals surface area contributed by atoms with Crippen molar-refractivity contribution in [2.75, 3.05) is 33.3 Å². The predicted molar refractivity (Wildman–Crippen MR) is 148 cm³/mol. The van der Waals surface area contributed by atoms with E-state index >= 15 is 0 Å². The second-order valence-corrected chi connectivity index (χ2v) is 12.5. The summed E-state index contributed by atoms with van der Waals surface area (Å²) in [6.07, 6.45) is 2.69. The van der Waals surface area contributed by atoms with E-state index in [0.29, 0.717) is 31.7 Å². The highest BCUT2D eigenvalue weighted by atomic mass is 35.5. The van der Waals surface area contributed by atoms with Gasteiger partial charge in [0.15, 0.2) is 5.75 Å². The number of nitrogens with zero attached hydrogens (tertiary/aromatic N) is 3. The minimum atomic E-state index is -1.24. The molecule has 2 aromatic rings. The van der Waals surface area contributed by atoms with E-state index in [9.17, 15) is 14.7 Å². The van der Waals surface area contributed by atoms with E-state index in [1.54, 1.807) is 41.8 Å². The molecule has 9 nitrogen and oxygen atoms in total. The maximum absolute atomic E-state index is 13.4. The van der Waals surface area contributed by atoms with Crippen LogP contribution in [0.1, 0.15) is 63.4 Å². The highest BCUT2D eigenvalue weighted by Gasteiger charge is 2.48. The fourth-order valence-electron chi connectivity index (χ4n) is 4.89. The Labute approximate surface area is 238 Å². The van der Waals surface area contributed by atoms with Crippen molar-refractivity contribution in [3.63, 3.8) is 0 Å². The van der Waals surface area contributed by atoms with E-state index in [0.717, 1.165) is 12.8 Å². The number of methoxy groups -OCH3 is 1. The Kier molecular flexibility index (Phi) is 8.00. The van der Waals surface area contributed by atoms with Crippen LogP contribution < -0.4 is 9.47 Å². The summed E-state index contributed by atoms with van der Waals surface area (Å²) < 4.78 is 16.7. The molecular formula is C28H35Cl2N3O6. The number of carbonyl (C=O) groups is 2. The van der Waals surface area contributed by atoms with Crippen molar-refractivity contribution in [2.45, 2.75) is 58.7 Å². The number of piperidine rings is 1. The van der Waals surface area contributed by atoms with Gasteiger partial charge in [-0.15, -0.1) is 0 Å². The lowest BCUT2D eigenvalue weighted by Crippen LogP contribution is -2.62. The van der Waals surface area contributed by atoms with E-state index in [-0.39, 0.29) is 50.4 Å². The van der Waals surface area contributed by atoms with Crippen LogP contribution in [0.15, 0.2) is 24.4 Å². The first-order valence-corrected chi connectivity index (χ1v) is 13.6. The van der Waals surface area contributed by atoms with Crippen molar-refractivity contribution in [3.05, 3.63) is 45.6 Å². The van der Waals surface area contributed by atoms with Gasteiger partial charge in [0.1, 0.15) is 11.4 Å². The van der Waals surface area contributed by atoms with Crippen LogP contribution >= 0.6 is 23.2 Å². The Bertz CT molecular complexity index is 1260. The van der Waals surface area contributed by atoms with E-state index in [2.05, 4.69) is 4.98 Å². The average Bonchev–Trinajstić information content (AvgIpc) is 2.83. The molecule has 2 fully saturated rings. The molecule has 0 saturated carbocycles. The molecule has 1 spiro atoms. The maximum atomic E-state index is 13.4. The topological polar surface area (TPSA) is 101 Å². The summed E-state index contributed by atoms with van der Waals surface area (Å²) >= 11 is 13.1. The van der Waals surface area contributed by atoms with Crippen LogP contribution in [0.5, 0.6) is 17.4 Å². The smallest absolute Gasteiger partial charge is 0.410 e. The van der Waals surface area contributed by atoms with Crippen molar-refractivity contribution >= 4 is 35.2 Å². The summed E-state index contributed by atoms with van der Waals surface area (Å²) in [5.41, 5.74) is -1.06. The molecule has 212 valence electrons. The van der Waals surface area contributed by atoms with Crippen molar-refractivity contribution in [2.24, 2.45) is 5.41 Å². The fraction of sp³-hybridized carbons (Fsp3) is 0.536. The van der Waals surface area contributed by atoms with Crippen LogP contribution in [0.4, 0.5) is 4.79 Å². The summed E-state index contributed by atoms with van der Waals surface area (Å²) in [6.45, 7) is 11.1. The molecule has 0 radical (unpaired) electrons. The molecule has 2 aliphatic heterocycles. The Morgan fingerprint density at radius 3 is 2.26 bits per heavy atom. The lowest BCUT2D eigenvalue weighted by molar-refractivity contribution is -0.0563. The largest absolute Gasteiger partial charge is 0.481 e. The summed E-state index contributed by atoms with van der Waals surface area (Å²) in [5, 5.41) is 10.8.